The van der Waals surface area contributed by atoms with Gasteiger partial charge in [0.15, 0.2) is 0 Å². The highest BCUT2D eigenvalue weighted by Crippen LogP contribution is 2.20. The maximum Gasteiger partial charge on any atom is 0.258 e. The highest BCUT2D eigenvalue weighted by atomic mass is 79.9. The van der Waals surface area contributed by atoms with Crippen LogP contribution in [-0.2, 0) is 4.79 Å². The summed E-state index contributed by atoms with van der Waals surface area (Å²) >= 11 is 3.08. The molecular weight excluding hydrogens is 279 g/mol. The number of halogens is 2. The average Bonchev–Trinajstić information content (AvgIpc) is 2.16. The Morgan fingerprint density at radius 1 is 1.50 bits per heavy atom. The molecule has 0 saturated carbocycles. The lowest BCUT2D eigenvalue weighted by atomic mass is 10.2. The molecule has 0 aliphatic heterocycles. The van der Waals surface area contributed by atoms with E-state index in [0.29, 0.717) is 4.47 Å². The van der Waals surface area contributed by atoms with Gasteiger partial charge in [0, 0.05) is 11.5 Å². The normalized spacial score (nSPS) is 9.94. The molecule has 6 heteroatoms. The fourth-order valence-corrected chi connectivity index (χ4v) is 1.71. The van der Waals surface area contributed by atoms with Crippen LogP contribution in [-0.4, -0.2) is 30.3 Å². The molecule has 1 aromatic rings. The van der Waals surface area contributed by atoms with Crippen LogP contribution < -0.4 is 5.73 Å². The highest BCUT2D eigenvalue weighted by molar-refractivity contribution is 9.10. The summed E-state index contributed by atoms with van der Waals surface area (Å²) < 4.78 is 13.7. The van der Waals surface area contributed by atoms with Crippen LogP contribution in [0.25, 0.3) is 0 Å². The standard InChI is InChI=1S/C10H10BrFN2O2/c1-14(5-8(13)15)10(16)9-6(11)3-2-4-7(9)12/h2-4H,5H2,1H3,(H2,13,15). The zero-order valence-corrected chi connectivity index (χ0v) is 10.1. The van der Waals surface area contributed by atoms with Gasteiger partial charge in [-0.3, -0.25) is 9.59 Å². The van der Waals surface area contributed by atoms with Gasteiger partial charge in [0.25, 0.3) is 5.91 Å². The van der Waals surface area contributed by atoms with Crippen molar-refractivity contribution in [2.45, 2.75) is 0 Å². The first-order chi connectivity index (χ1) is 7.43. The third kappa shape index (κ3) is 2.79. The number of primary amides is 1. The molecule has 2 N–H and O–H groups in total. The van der Waals surface area contributed by atoms with Crippen LogP contribution in [0.2, 0.25) is 0 Å². The highest BCUT2D eigenvalue weighted by Gasteiger charge is 2.19. The van der Waals surface area contributed by atoms with Crippen molar-refractivity contribution in [3.8, 4) is 0 Å². The van der Waals surface area contributed by atoms with Crippen LogP contribution in [0.1, 0.15) is 10.4 Å². The second kappa shape index (κ2) is 5.07. The van der Waals surface area contributed by atoms with Crippen molar-refractivity contribution in [1.82, 2.24) is 4.90 Å². The summed E-state index contributed by atoms with van der Waals surface area (Å²) in [5.74, 6) is -1.89. The molecular formula is C10H10BrFN2O2. The number of benzene rings is 1. The minimum atomic E-state index is -0.650. The summed E-state index contributed by atoms with van der Waals surface area (Å²) in [4.78, 5) is 23.5. The van der Waals surface area contributed by atoms with Gasteiger partial charge in [0.05, 0.1) is 12.1 Å². The minimum Gasteiger partial charge on any atom is -0.368 e. The second-order valence-electron chi connectivity index (χ2n) is 3.22. The van der Waals surface area contributed by atoms with E-state index in [1.54, 1.807) is 6.07 Å². The first-order valence-corrected chi connectivity index (χ1v) is 5.20. The quantitative estimate of drug-likeness (QED) is 0.907. The molecule has 2 amide bonds. The van der Waals surface area contributed by atoms with Crippen molar-refractivity contribution in [2.75, 3.05) is 13.6 Å². The molecule has 0 unspecified atom stereocenters. The van der Waals surface area contributed by atoms with Crippen molar-refractivity contribution >= 4 is 27.7 Å². The van der Waals surface area contributed by atoms with Crippen LogP contribution >= 0.6 is 15.9 Å². The Balaban J connectivity index is 3.00. The Morgan fingerprint density at radius 3 is 2.62 bits per heavy atom. The molecule has 0 heterocycles. The number of carbonyl (C=O) groups is 2. The number of nitrogens with zero attached hydrogens (tertiary/aromatic N) is 1. The Labute approximate surface area is 100 Å². The molecule has 1 aromatic carbocycles. The van der Waals surface area contributed by atoms with Crippen molar-refractivity contribution in [2.24, 2.45) is 5.73 Å². The van der Waals surface area contributed by atoms with Gasteiger partial charge in [-0.15, -0.1) is 0 Å². The van der Waals surface area contributed by atoms with Crippen molar-refractivity contribution in [3.05, 3.63) is 34.1 Å². The van der Waals surface area contributed by atoms with E-state index in [1.807, 2.05) is 0 Å². The third-order valence-corrected chi connectivity index (χ3v) is 2.58. The van der Waals surface area contributed by atoms with E-state index in [0.717, 1.165) is 4.90 Å². The number of hydrogen-bond donors (Lipinski definition) is 1. The maximum atomic E-state index is 13.4. The molecule has 86 valence electrons. The van der Waals surface area contributed by atoms with E-state index in [4.69, 9.17) is 5.73 Å². The van der Waals surface area contributed by atoms with Crippen LogP contribution in [0.3, 0.4) is 0 Å². The van der Waals surface area contributed by atoms with Gasteiger partial charge < -0.3 is 10.6 Å². The van der Waals surface area contributed by atoms with E-state index in [1.165, 1.54) is 19.2 Å². The zero-order valence-electron chi connectivity index (χ0n) is 8.54. The summed E-state index contributed by atoms with van der Waals surface area (Å²) in [6, 6.07) is 4.20. The summed E-state index contributed by atoms with van der Waals surface area (Å²) in [7, 11) is 1.38. The number of carbonyl (C=O) groups excluding carboxylic acids is 2. The van der Waals surface area contributed by atoms with Gasteiger partial charge >= 0.3 is 0 Å². The summed E-state index contributed by atoms with van der Waals surface area (Å²) in [5.41, 5.74) is 4.84. The molecule has 4 nitrogen and oxygen atoms in total. The Bertz CT molecular complexity index is 417. The minimum absolute atomic E-state index is 0.105. The Kier molecular flexibility index (Phi) is 4.00. The molecule has 0 aliphatic rings. The van der Waals surface area contributed by atoms with Gasteiger partial charge in [-0.2, -0.15) is 0 Å². The number of amides is 2. The van der Waals surface area contributed by atoms with E-state index >= 15 is 0 Å². The lowest BCUT2D eigenvalue weighted by molar-refractivity contribution is -0.118. The summed E-state index contributed by atoms with van der Waals surface area (Å²) in [6.07, 6.45) is 0. The van der Waals surface area contributed by atoms with Gasteiger partial charge in [-0.25, -0.2) is 4.39 Å². The fourth-order valence-electron chi connectivity index (χ4n) is 1.20. The molecule has 0 aromatic heterocycles. The lowest BCUT2D eigenvalue weighted by Crippen LogP contribution is -2.35. The van der Waals surface area contributed by atoms with Gasteiger partial charge in [0.1, 0.15) is 5.82 Å². The topological polar surface area (TPSA) is 63.4 Å². The Hall–Kier alpha value is -1.43. The van der Waals surface area contributed by atoms with Gasteiger partial charge in [-0.05, 0) is 28.1 Å². The predicted molar refractivity (Wildman–Crippen MR) is 60.3 cm³/mol. The van der Waals surface area contributed by atoms with Crippen molar-refractivity contribution in [1.29, 1.82) is 0 Å². The number of likely N-dealkylation sites (N-methyl/N-ethyl adjacent to an activating group) is 1. The SMILES string of the molecule is CN(CC(N)=O)C(=O)c1c(F)cccc1Br. The number of rotatable bonds is 3. The van der Waals surface area contributed by atoms with Crippen LogP contribution in [0, 0.1) is 5.82 Å². The van der Waals surface area contributed by atoms with Crippen molar-refractivity contribution < 1.29 is 14.0 Å². The van der Waals surface area contributed by atoms with E-state index in [-0.39, 0.29) is 12.1 Å². The predicted octanol–water partition coefficient (Wildman–Crippen LogP) is 1.15. The molecule has 0 atom stereocenters. The maximum absolute atomic E-state index is 13.4. The molecule has 1 rings (SSSR count). The zero-order chi connectivity index (χ0) is 12.3. The van der Waals surface area contributed by atoms with E-state index in [2.05, 4.69) is 15.9 Å². The van der Waals surface area contributed by atoms with Gasteiger partial charge in [-0.1, -0.05) is 6.07 Å². The van der Waals surface area contributed by atoms with E-state index in [9.17, 15) is 14.0 Å². The van der Waals surface area contributed by atoms with Crippen molar-refractivity contribution in [3.63, 3.8) is 0 Å². The molecule has 0 saturated heterocycles. The molecule has 0 aliphatic carbocycles. The van der Waals surface area contributed by atoms with Gasteiger partial charge in [0.2, 0.25) is 5.91 Å². The number of nitrogens with two attached hydrogens (primary N) is 1. The fraction of sp³-hybridized carbons (Fsp3) is 0.200. The first kappa shape index (κ1) is 12.6. The molecule has 0 fully saturated rings. The van der Waals surface area contributed by atoms with Crippen LogP contribution in [0.15, 0.2) is 22.7 Å². The monoisotopic (exact) mass is 288 g/mol. The summed E-state index contributed by atoms with van der Waals surface area (Å²) in [6.45, 7) is -0.250. The Morgan fingerprint density at radius 2 is 2.12 bits per heavy atom. The lowest BCUT2D eigenvalue weighted by Gasteiger charge is -2.16. The molecule has 0 bridgehead atoms. The molecule has 0 radical (unpaired) electrons. The second-order valence-corrected chi connectivity index (χ2v) is 4.08. The first-order valence-electron chi connectivity index (χ1n) is 4.41. The smallest absolute Gasteiger partial charge is 0.258 e. The summed E-state index contributed by atoms with van der Waals surface area (Å²) in [5, 5.41) is 0. The molecule has 16 heavy (non-hydrogen) atoms. The largest absolute Gasteiger partial charge is 0.368 e. The molecule has 0 spiro atoms. The van der Waals surface area contributed by atoms with Crippen LogP contribution in [0.5, 0.6) is 0 Å². The van der Waals surface area contributed by atoms with E-state index < -0.39 is 17.6 Å². The third-order valence-electron chi connectivity index (χ3n) is 1.92. The average molecular weight is 289 g/mol. The van der Waals surface area contributed by atoms with Crippen LogP contribution in [0.4, 0.5) is 4.39 Å². The number of hydrogen-bond acceptors (Lipinski definition) is 2.